The van der Waals surface area contributed by atoms with Gasteiger partial charge in [-0.15, -0.1) is 0 Å². The molecule has 46 heavy (non-hydrogen) atoms. The Morgan fingerprint density at radius 3 is 0.935 bits per heavy atom. The smallest absolute Gasteiger partial charge is 0.0656 e. The summed E-state index contributed by atoms with van der Waals surface area (Å²) >= 11 is 0. The standard InChI is InChI=1S/C44H40Si2/c1-45(2,3)33-21-15-29(16-22-33)31-19-25-37-35-11-7-10-14-40(35)44-42-28-32(30-17-23-34(24-18-30)46(4,5)6)20-26-38(42)36-12-8-9-13-39(36)43(44)41(37)27-31/h7-28H,1-6H3. The van der Waals surface area contributed by atoms with E-state index < -0.39 is 16.1 Å². The van der Waals surface area contributed by atoms with Gasteiger partial charge < -0.3 is 0 Å². The van der Waals surface area contributed by atoms with Gasteiger partial charge in [-0.1, -0.05) is 171 Å². The van der Waals surface area contributed by atoms with Crippen LogP contribution in [0.5, 0.6) is 0 Å². The van der Waals surface area contributed by atoms with E-state index in [1.54, 1.807) is 0 Å². The highest BCUT2D eigenvalue weighted by molar-refractivity contribution is 6.89. The molecular weight excluding hydrogens is 585 g/mol. The summed E-state index contributed by atoms with van der Waals surface area (Å²) in [5.41, 5.74) is 5.09. The third-order valence-electron chi connectivity index (χ3n) is 9.97. The van der Waals surface area contributed by atoms with Crippen LogP contribution in [0.15, 0.2) is 133 Å². The van der Waals surface area contributed by atoms with Gasteiger partial charge in [0.15, 0.2) is 0 Å². The molecule has 8 aromatic rings. The van der Waals surface area contributed by atoms with Crippen molar-refractivity contribution in [2.45, 2.75) is 39.3 Å². The Morgan fingerprint density at radius 1 is 0.283 bits per heavy atom. The van der Waals surface area contributed by atoms with E-state index in [1.807, 2.05) is 0 Å². The van der Waals surface area contributed by atoms with Gasteiger partial charge in [-0.05, 0) is 88.2 Å². The minimum absolute atomic E-state index is 1.27. The van der Waals surface area contributed by atoms with Crippen LogP contribution in [0.4, 0.5) is 0 Å². The molecule has 224 valence electrons. The molecule has 0 unspecified atom stereocenters. The lowest BCUT2D eigenvalue weighted by Gasteiger charge is -2.19. The van der Waals surface area contributed by atoms with Crippen molar-refractivity contribution >= 4 is 80.4 Å². The van der Waals surface area contributed by atoms with Crippen LogP contribution in [-0.2, 0) is 0 Å². The largest absolute Gasteiger partial charge is 0.0775 e. The van der Waals surface area contributed by atoms with E-state index in [2.05, 4.69) is 173 Å². The molecule has 0 aliphatic heterocycles. The minimum Gasteiger partial charge on any atom is -0.0656 e. The number of fused-ring (bicyclic) bond motifs is 11. The Kier molecular flexibility index (Phi) is 6.62. The first kappa shape index (κ1) is 28.9. The van der Waals surface area contributed by atoms with Crippen LogP contribution in [0.3, 0.4) is 0 Å². The highest BCUT2D eigenvalue weighted by Gasteiger charge is 2.19. The van der Waals surface area contributed by atoms with Crippen LogP contribution in [0.2, 0.25) is 39.3 Å². The van der Waals surface area contributed by atoms with Crippen molar-refractivity contribution < 1.29 is 0 Å². The Labute approximate surface area is 274 Å². The zero-order chi connectivity index (χ0) is 31.8. The summed E-state index contributed by atoms with van der Waals surface area (Å²) in [5, 5.41) is 16.2. The van der Waals surface area contributed by atoms with Crippen LogP contribution in [0.25, 0.3) is 76.1 Å². The minimum atomic E-state index is -1.36. The molecule has 8 aromatic carbocycles. The average molecular weight is 625 g/mol. The molecule has 0 N–H and O–H groups in total. The number of benzene rings is 8. The molecule has 0 aliphatic rings. The zero-order valence-corrected chi connectivity index (χ0v) is 29.7. The fourth-order valence-corrected chi connectivity index (χ4v) is 9.69. The van der Waals surface area contributed by atoms with E-state index in [-0.39, 0.29) is 0 Å². The monoisotopic (exact) mass is 624 g/mol. The molecule has 0 aliphatic carbocycles. The van der Waals surface area contributed by atoms with Gasteiger partial charge in [0.25, 0.3) is 0 Å². The second-order valence-corrected chi connectivity index (χ2v) is 25.2. The third-order valence-corrected chi connectivity index (χ3v) is 14.1. The van der Waals surface area contributed by atoms with E-state index >= 15 is 0 Å². The van der Waals surface area contributed by atoms with E-state index in [4.69, 9.17) is 0 Å². The topological polar surface area (TPSA) is 0 Å². The number of rotatable bonds is 4. The fraction of sp³-hybridized carbons (Fsp3) is 0.136. The lowest BCUT2D eigenvalue weighted by molar-refractivity contribution is 1.64. The summed E-state index contributed by atoms with van der Waals surface area (Å²) in [7, 11) is -2.73. The molecule has 0 atom stereocenters. The molecule has 0 heterocycles. The highest BCUT2D eigenvalue weighted by atomic mass is 28.3. The summed E-state index contributed by atoms with van der Waals surface area (Å²) in [6, 6.07) is 51.0. The first-order chi connectivity index (χ1) is 22.1. The molecule has 0 aromatic heterocycles. The molecule has 0 nitrogen and oxygen atoms in total. The van der Waals surface area contributed by atoms with E-state index in [1.165, 1.54) is 86.5 Å². The molecule has 8 rings (SSSR count). The predicted octanol–water partition coefficient (Wildman–Crippen LogP) is 11.9. The summed E-state index contributed by atoms with van der Waals surface area (Å²) in [6.07, 6.45) is 0. The Hall–Kier alpha value is -4.51. The third kappa shape index (κ3) is 4.71. The van der Waals surface area contributed by atoms with Gasteiger partial charge in [0, 0.05) is 0 Å². The van der Waals surface area contributed by atoms with Crippen molar-refractivity contribution in [3.8, 4) is 22.3 Å². The van der Waals surface area contributed by atoms with E-state index in [0.717, 1.165) is 0 Å². The molecule has 0 radical (unpaired) electrons. The molecule has 0 saturated carbocycles. The Morgan fingerprint density at radius 2 is 0.587 bits per heavy atom. The first-order valence-corrected chi connectivity index (χ1v) is 23.5. The van der Waals surface area contributed by atoms with Gasteiger partial charge in [0.05, 0.1) is 16.1 Å². The van der Waals surface area contributed by atoms with Crippen molar-refractivity contribution in [3.05, 3.63) is 133 Å². The summed E-state index contributed by atoms with van der Waals surface area (Å²) < 4.78 is 0. The van der Waals surface area contributed by atoms with Gasteiger partial charge >= 0.3 is 0 Å². The molecule has 2 heteroatoms. The Balaban J connectivity index is 1.47. The molecule has 0 spiro atoms. The molecule has 0 fully saturated rings. The maximum atomic E-state index is 2.45. The van der Waals surface area contributed by atoms with Gasteiger partial charge in [-0.25, -0.2) is 0 Å². The van der Waals surface area contributed by atoms with Crippen molar-refractivity contribution in [1.29, 1.82) is 0 Å². The van der Waals surface area contributed by atoms with Crippen molar-refractivity contribution in [1.82, 2.24) is 0 Å². The summed E-state index contributed by atoms with van der Waals surface area (Å²) in [5.74, 6) is 0. The van der Waals surface area contributed by atoms with Crippen molar-refractivity contribution in [3.63, 3.8) is 0 Å². The molecule has 0 saturated heterocycles. The summed E-state index contributed by atoms with van der Waals surface area (Å²) in [4.78, 5) is 0. The lowest BCUT2D eigenvalue weighted by atomic mass is 9.85. The van der Waals surface area contributed by atoms with Gasteiger partial charge in [-0.2, -0.15) is 0 Å². The highest BCUT2D eigenvalue weighted by Crippen LogP contribution is 2.45. The second kappa shape index (κ2) is 10.5. The molecular formula is C44H40Si2. The van der Waals surface area contributed by atoms with Crippen molar-refractivity contribution in [2.75, 3.05) is 0 Å². The average Bonchev–Trinajstić information content (AvgIpc) is 3.07. The van der Waals surface area contributed by atoms with Gasteiger partial charge in [0.2, 0.25) is 0 Å². The van der Waals surface area contributed by atoms with Crippen LogP contribution in [0, 0.1) is 0 Å². The van der Waals surface area contributed by atoms with Crippen molar-refractivity contribution in [2.24, 2.45) is 0 Å². The maximum Gasteiger partial charge on any atom is 0.0775 e. The fourth-order valence-electron chi connectivity index (χ4n) is 7.36. The second-order valence-electron chi connectivity index (χ2n) is 15.0. The molecule has 0 amide bonds. The Bertz CT molecular complexity index is 2280. The van der Waals surface area contributed by atoms with Gasteiger partial charge in [0.1, 0.15) is 0 Å². The quantitative estimate of drug-likeness (QED) is 0.135. The van der Waals surface area contributed by atoms with E-state index in [9.17, 15) is 0 Å². The van der Waals surface area contributed by atoms with Crippen LogP contribution >= 0.6 is 0 Å². The number of hydrogen-bond donors (Lipinski definition) is 0. The lowest BCUT2D eigenvalue weighted by Crippen LogP contribution is -2.37. The molecule has 0 bridgehead atoms. The zero-order valence-electron chi connectivity index (χ0n) is 27.7. The summed E-state index contributed by atoms with van der Waals surface area (Å²) in [6.45, 7) is 14.5. The van der Waals surface area contributed by atoms with Crippen LogP contribution in [-0.4, -0.2) is 16.1 Å². The van der Waals surface area contributed by atoms with Crippen LogP contribution < -0.4 is 10.4 Å². The SMILES string of the molecule is C[Si](C)(C)c1ccc(-c2ccc3c4ccccc4c4c5cc(-c6ccc([Si](C)(C)C)cc6)ccc5c5ccccc5c4c3c2)cc1. The van der Waals surface area contributed by atoms with E-state index in [0.29, 0.717) is 0 Å². The van der Waals surface area contributed by atoms with Gasteiger partial charge in [-0.3, -0.25) is 0 Å². The maximum absolute atomic E-state index is 2.45. The first-order valence-electron chi connectivity index (χ1n) is 16.5. The van der Waals surface area contributed by atoms with Crippen LogP contribution in [0.1, 0.15) is 0 Å². The normalized spacial score (nSPS) is 12.6. The number of hydrogen-bond acceptors (Lipinski definition) is 0. The predicted molar refractivity (Wildman–Crippen MR) is 211 cm³/mol.